The average molecular weight is 271 g/mol. The van der Waals surface area contributed by atoms with Crippen LogP contribution in [0.4, 0.5) is 0 Å². The summed E-state index contributed by atoms with van der Waals surface area (Å²) in [6.45, 7) is 6.04. The second-order valence-corrected chi connectivity index (χ2v) is 4.92. The molecule has 0 spiro atoms. The molecule has 0 atom stereocenters. The molecule has 2 aromatic carbocycles. The van der Waals surface area contributed by atoms with Crippen molar-refractivity contribution in [3.8, 4) is 11.5 Å². The van der Waals surface area contributed by atoms with Crippen LogP contribution in [0.5, 0.6) is 11.5 Å². The molecule has 0 aromatic heterocycles. The fourth-order valence-electron chi connectivity index (χ4n) is 2.14. The molecule has 0 aliphatic carbocycles. The van der Waals surface area contributed by atoms with Gasteiger partial charge < -0.3 is 15.2 Å². The summed E-state index contributed by atoms with van der Waals surface area (Å²) >= 11 is 0. The third-order valence-electron chi connectivity index (χ3n) is 3.17. The van der Waals surface area contributed by atoms with Crippen LogP contribution in [0.15, 0.2) is 42.5 Å². The van der Waals surface area contributed by atoms with Gasteiger partial charge in [-0.15, -0.1) is 0 Å². The van der Waals surface area contributed by atoms with E-state index in [2.05, 4.69) is 5.32 Å². The molecule has 0 amide bonds. The fourth-order valence-corrected chi connectivity index (χ4v) is 2.14. The van der Waals surface area contributed by atoms with Crippen LogP contribution >= 0.6 is 0 Å². The summed E-state index contributed by atoms with van der Waals surface area (Å²) in [5, 5.41) is 13.1. The molecule has 0 aliphatic rings. The van der Waals surface area contributed by atoms with E-state index in [1.54, 1.807) is 0 Å². The van der Waals surface area contributed by atoms with Crippen molar-refractivity contribution in [3.05, 3.63) is 59.2 Å². The number of nitrogens with one attached hydrogen (secondary N) is 1. The average Bonchev–Trinajstić information content (AvgIpc) is 2.45. The Labute approximate surface area is 120 Å². The summed E-state index contributed by atoms with van der Waals surface area (Å²) in [4.78, 5) is 0. The second kappa shape index (κ2) is 6.96. The molecular weight excluding hydrogens is 250 g/mol. The smallest absolute Gasteiger partial charge is 0.121 e. The van der Waals surface area contributed by atoms with Crippen LogP contribution in [0.25, 0.3) is 0 Å². The lowest BCUT2D eigenvalue weighted by atomic mass is 10.1. The molecule has 0 fully saturated rings. The SMILES string of the molecule is Cc1cc(CNCCOc2ccccc2)cc(C)c1O. The van der Waals surface area contributed by atoms with Crippen molar-refractivity contribution in [3.63, 3.8) is 0 Å². The highest BCUT2D eigenvalue weighted by atomic mass is 16.5. The van der Waals surface area contributed by atoms with E-state index < -0.39 is 0 Å². The molecule has 0 saturated carbocycles. The van der Waals surface area contributed by atoms with E-state index in [9.17, 15) is 5.11 Å². The van der Waals surface area contributed by atoms with Crippen molar-refractivity contribution in [1.82, 2.24) is 5.32 Å². The van der Waals surface area contributed by atoms with Crippen molar-refractivity contribution >= 4 is 0 Å². The van der Waals surface area contributed by atoms with Crippen LogP contribution in [0.1, 0.15) is 16.7 Å². The Bertz CT molecular complexity index is 529. The summed E-state index contributed by atoms with van der Waals surface area (Å²) in [5.74, 6) is 1.28. The van der Waals surface area contributed by atoms with Gasteiger partial charge in [-0.3, -0.25) is 0 Å². The van der Waals surface area contributed by atoms with E-state index in [1.807, 2.05) is 56.3 Å². The number of aryl methyl sites for hydroxylation is 2. The first kappa shape index (κ1) is 14.4. The van der Waals surface area contributed by atoms with Crippen LogP contribution in [-0.2, 0) is 6.54 Å². The monoisotopic (exact) mass is 271 g/mol. The lowest BCUT2D eigenvalue weighted by Gasteiger charge is -2.10. The van der Waals surface area contributed by atoms with Crippen LogP contribution in [0.3, 0.4) is 0 Å². The zero-order valence-electron chi connectivity index (χ0n) is 12.0. The third-order valence-corrected chi connectivity index (χ3v) is 3.17. The predicted octanol–water partition coefficient (Wildman–Crippen LogP) is 3.18. The summed E-state index contributed by atoms with van der Waals surface area (Å²) in [5.41, 5.74) is 3.02. The number of aromatic hydroxyl groups is 1. The number of para-hydroxylation sites is 1. The van der Waals surface area contributed by atoms with Gasteiger partial charge in [0.1, 0.15) is 18.1 Å². The zero-order chi connectivity index (χ0) is 14.4. The van der Waals surface area contributed by atoms with Crippen LogP contribution < -0.4 is 10.1 Å². The Morgan fingerprint density at radius 2 is 1.70 bits per heavy atom. The number of hydrogen-bond acceptors (Lipinski definition) is 3. The fraction of sp³-hybridized carbons (Fsp3) is 0.294. The number of hydrogen-bond donors (Lipinski definition) is 2. The summed E-state index contributed by atoms with van der Waals surface area (Å²) < 4.78 is 5.61. The predicted molar refractivity (Wildman–Crippen MR) is 81.2 cm³/mol. The first-order valence-corrected chi connectivity index (χ1v) is 6.84. The largest absolute Gasteiger partial charge is 0.507 e. The Hall–Kier alpha value is -2.00. The van der Waals surface area contributed by atoms with E-state index in [0.29, 0.717) is 12.4 Å². The molecule has 106 valence electrons. The Morgan fingerprint density at radius 1 is 1.05 bits per heavy atom. The molecule has 3 heteroatoms. The van der Waals surface area contributed by atoms with Gasteiger partial charge in [0, 0.05) is 13.1 Å². The quantitative estimate of drug-likeness (QED) is 0.793. The first-order chi connectivity index (χ1) is 9.66. The molecule has 0 heterocycles. The standard InChI is InChI=1S/C17H21NO2/c1-13-10-15(11-14(2)17(13)19)12-18-8-9-20-16-6-4-3-5-7-16/h3-7,10-11,18-19H,8-9,12H2,1-2H3. The minimum atomic E-state index is 0.390. The minimum Gasteiger partial charge on any atom is -0.507 e. The van der Waals surface area contributed by atoms with Crippen LogP contribution in [0, 0.1) is 13.8 Å². The number of rotatable bonds is 6. The number of benzene rings is 2. The highest BCUT2D eigenvalue weighted by Crippen LogP contribution is 2.22. The van der Waals surface area contributed by atoms with Crippen molar-refractivity contribution in [2.45, 2.75) is 20.4 Å². The highest BCUT2D eigenvalue weighted by Gasteiger charge is 2.03. The van der Waals surface area contributed by atoms with Gasteiger partial charge >= 0.3 is 0 Å². The minimum absolute atomic E-state index is 0.390. The first-order valence-electron chi connectivity index (χ1n) is 6.84. The van der Waals surface area contributed by atoms with Gasteiger partial charge in [-0.2, -0.15) is 0 Å². The second-order valence-electron chi connectivity index (χ2n) is 4.92. The Balaban J connectivity index is 1.74. The lowest BCUT2D eigenvalue weighted by Crippen LogP contribution is -2.20. The van der Waals surface area contributed by atoms with E-state index in [0.717, 1.165) is 30.0 Å². The van der Waals surface area contributed by atoms with E-state index in [4.69, 9.17) is 4.74 Å². The van der Waals surface area contributed by atoms with E-state index in [-0.39, 0.29) is 0 Å². The maximum atomic E-state index is 9.73. The van der Waals surface area contributed by atoms with Crippen molar-refractivity contribution in [2.75, 3.05) is 13.2 Å². The molecule has 0 bridgehead atoms. The number of phenolic OH excluding ortho intramolecular Hbond substituents is 1. The molecule has 3 nitrogen and oxygen atoms in total. The van der Waals surface area contributed by atoms with Crippen LogP contribution in [-0.4, -0.2) is 18.3 Å². The lowest BCUT2D eigenvalue weighted by molar-refractivity contribution is 0.313. The summed E-state index contributed by atoms with van der Waals surface area (Å²) in [6.07, 6.45) is 0. The third kappa shape index (κ3) is 4.00. The van der Waals surface area contributed by atoms with Crippen molar-refractivity contribution in [1.29, 1.82) is 0 Å². The maximum Gasteiger partial charge on any atom is 0.121 e. The maximum absolute atomic E-state index is 9.73. The van der Waals surface area contributed by atoms with Gasteiger partial charge in [0.2, 0.25) is 0 Å². The van der Waals surface area contributed by atoms with Gasteiger partial charge in [0.05, 0.1) is 0 Å². The van der Waals surface area contributed by atoms with Crippen molar-refractivity contribution in [2.24, 2.45) is 0 Å². The van der Waals surface area contributed by atoms with Gasteiger partial charge in [0.25, 0.3) is 0 Å². The molecule has 2 rings (SSSR count). The van der Waals surface area contributed by atoms with Gasteiger partial charge in [0.15, 0.2) is 0 Å². The highest BCUT2D eigenvalue weighted by molar-refractivity contribution is 5.42. The molecule has 0 aliphatic heterocycles. The number of phenols is 1. The molecule has 2 N–H and O–H groups in total. The zero-order valence-corrected chi connectivity index (χ0v) is 12.0. The van der Waals surface area contributed by atoms with E-state index >= 15 is 0 Å². The Kier molecular flexibility index (Phi) is 5.02. The van der Waals surface area contributed by atoms with Gasteiger partial charge in [-0.25, -0.2) is 0 Å². The van der Waals surface area contributed by atoms with Crippen molar-refractivity contribution < 1.29 is 9.84 Å². The molecule has 0 saturated heterocycles. The number of ether oxygens (including phenoxy) is 1. The van der Waals surface area contributed by atoms with Gasteiger partial charge in [-0.05, 0) is 42.7 Å². The van der Waals surface area contributed by atoms with E-state index in [1.165, 1.54) is 5.56 Å². The topological polar surface area (TPSA) is 41.5 Å². The summed E-state index contributed by atoms with van der Waals surface area (Å²) in [6, 6.07) is 13.8. The van der Waals surface area contributed by atoms with Gasteiger partial charge in [-0.1, -0.05) is 30.3 Å². The summed E-state index contributed by atoms with van der Waals surface area (Å²) in [7, 11) is 0. The molecule has 20 heavy (non-hydrogen) atoms. The molecular formula is C17H21NO2. The normalized spacial score (nSPS) is 10.5. The molecule has 0 unspecified atom stereocenters. The molecule has 2 aromatic rings. The molecule has 0 radical (unpaired) electrons. The van der Waals surface area contributed by atoms with Crippen LogP contribution in [0.2, 0.25) is 0 Å². The Morgan fingerprint density at radius 3 is 2.35 bits per heavy atom.